The van der Waals surface area contributed by atoms with Crippen LogP contribution in [0.3, 0.4) is 0 Å². The predicted molar refractivity (Wildman–Crippen MR) is 292 cm³/mol. The number of thioether (sulfide) groups is 1. The van der Waals surface area contributed by atoms with Crippen molar-refractivity contribution in [3.05, 3.63) is 138 Å². The maximum atomic E-state index is 15.0. The van der Waals surface area contributed by atoms with Gasteiger partial charge in [0.05, 0.1) is 29.8 Å². The molecular weight excluding hydrogens is 1010 g/mol. The number of hydrogen-bond acceptors (Lipinski definition) is 10. The van der Waals surface area contributed by atoms with E-state index in [9.17, 15) is 31.3 Å². The van der Waals surface area contributed by atoms with Crippen molar-refractivity contribution in [3.63, 3.8) is 0 Å². The molecule has 3 aliphatic rings. The molecule has 4 heterocycles. The molecule has 3 fully saturated rings. The summed E-state index contributed by atoms with van der Waals surface area (Å²) in [7, 11) is -9.99. The van der Waals surface area contributed by atoms with Crippen LogP contribution in [0.1, 0.15) is 44.8 Å². The van der Waals surface area contributed by atoms with Gasteiger partial charge in [-0.15, -0.1) is 11.8 Å². The van der Waals surface area contributed by atoms with Crippen LogP contribution in [-0.4, -0.2) is 106 Å². The number of nitrogens with zero attached hydrogens (tertiary/aromatic N) is 5. The Kier molecular flexibility index (Phi) is 16.3. The average molecular weight is 1080 g/mol. The standard InChI is InChI=1S/C55H63ClF3N6O5PS2/c1-39(2)65-40(3)34-51(54(65)42-12-14-44(56)15-13-42)43-8-7-9-48(35-43)63-30-28-62(29-31-63)46-16-18-47(19-17-46)64-32-33-70-71(64,67)49-20-21-52(53(36-49)73(68,69)55(57,58)59)60-45(38-72-50-10-5-4-6-11-50)24-27-61-25-22-41(37-66)23-26-61/h4-21,34-36,39,41,45,60,66H,22-33,37-38H2,1-3H3/t45-,71-/m1/s1. The zero-order chi connectivity index (χ0) is 51.5. The number of likely N-dealkylation sites (tertiary alicyclic amines) is 1. The van der Waals surface area contributed by atoms with Crippen LogP contribution >= 0.6 is 30.9 Å². The van der Waals surface area contributed by atoms with Gasteiger partial charge in [-0.3, -0.25) is 9.24 Å². The topological polar surface area (TPSA) is 111 Å². The van der Waals surface area contributed by atoms with Gasteiger partial charge in [-0.1, -0.05) is 54.1 Å². The van der Waals surface area contributed by atoms with Crippen LogP contribution in [0, 0.1) is 12.8 Å². The molecule has 0 aliphatic carbocycles. The van der Waals surface area contributed by atoms with Gasteiger partial charge in [0.25, 0.3) is 9.84 Å². The van der Waals surface area contributed by atoms with E-state index in [1.807, 2.05) is 66.7 Å². The molecular formula is C55H63ClF3N6O5PS2. The van der Waals surface area contributed by atoms with Gasteiger partial charge >= 0.3 is 13.0 Å². The zero-order valence-corrected chi connectivity index (χ0v) is 44.6. The largest absolute Gasteiger partial charge is 0.501 e. The van der Waals surface area contributed by atoms with Crippen LogP contribution in [0.5, 0.6) is 0 Å². The van der Waals surface area contributed by atoms with Crippen molar-refractivity contribution >= 4 is 68.8 Å². The minimum absolute atomic E-state index is 0.0312. The molecule has 3 aliphatic heterocycles. The molecule has 2 N–H and O–H groups in total. The van der Waals surface area contributed by atoms with E-state index >= 15 is 0 Å². The lowest BCUT2D eigenvalue weighted by molar-refractivity contribution is -0.0435. The first kappa shape index (κ1) is 52.9. The number of alkyl halides is 3. The number of rotatable bonds is 17. The molecule has 18 heteroatoms. The monoisotopic (exact) mass is 1070 g/mol. The SMILES string of the molecule is Cc1cc(-c2cccc(N3CCN(c4ccc(N5CCO[P@]5(=O)c5ccc(N[C@H](CCN6CCC(CO)CC6)CSc6ccccc6)c(S(=O)(=O)C(F)(F)F)c5)cc4)CC3)c2)c(-c2ccc(Cl)cc2)n1C(C)C. The molecule has 9 rings (SSSR count). The molecule has 0 amide bonds. The van der Waals surface area contributed by atoms with Crippen molar-refractivity contribution in [2.75, 3.05) is 91.1 Å². The summed E-state index contributed by atoms with van der Waals surface area (Å²) in [4.78, 5) is 6.92. The minimum Gasteiger partial charge on any atom is -0.396 e. The Morgan fingerprint density at radius 1 is 0.795 bits per heavy atom. The Morgan fingerprint density at radius 2 is 1.47 bits per heavy atom. The molecule has 3 saturated heterocycles. The van der Waals surface area contributed by atoms with E-state index in [0.717, 1.165) is 91.3 Å². The number of sulfone groups is 1. The molecule has 0 radical (unpaired) electrons. The second-order valence-electron chi connectivity index (χ2n) is 19.4. The maximum absolute atomic E-state index is 15.0. The van der Waals surface area contributed by atoms with Crippen LogP contribution in [0.15, 0.2) is 137 Å². The summed E-state index contributed by atoms with van der Waals surface area (Å²) in [6.45, 7) is 12.2. The van der Waals surface area contributed by atoms with Gasteiger partial charge in [0, 0.05) is 95.4 Å². The van der Waals surface area contributed by atoms with Crippen LogP contribution in [-0.2, 0) is 18.9 Å². The zero-order valence-electron chi connectivity index (χ0n) is 41.3. The number of anilines is 4. The fraction of sp³-hybridized carbons (Fsp3) is 0.382. The first-order valence-electron chi connectivity index (χ1n) is 25.0. The summed E-state index contributed by atoms with van der Waals surface area (Å²) in [5.74, 6) is 0.693. The van der Waals surface area contributed by atoms with E-state index in [1.165, 1.54) is 35.2 Å². The molecule has 5 aromatic carbocycles. The number of piperazine rings is 1. The molecule has 6 aromatic rings. The first-order chi connectivity index (χ1) is 35.0. The van der Waals surface area contributed by atoms with E-state index < -0.39 is 33.8 Å². The number of halogens is 4. The lowest BCUT2D eigenvalue weighted by atomic mass is 9.97. The van der Waals surface area contributed by atoms with Gasteiger partial charge in [0.2, 0.25) is 0 Å². The fourth-order valence-corrected chi connectivity index (χ4v) is 14.7. The Bertz CT molecular complexity index is 3000. The van der Waals surface area contributed by atoms with Gasteiger partial charge in [-0.05, 0) is 155 Å². The smallest absolute Gasteiger partial charge is 0.396 e. The molecule has 388 valence electrons. The van der Waals surface area contributed by atoms with Gasteiger partial charge in [-0.2, -0.15) is 13.2 Å². The van der Waals surface area contributed by atoms with Crippen LogP contribution in [0.2, 0.25) is 5.02 Å². The third kappa shape index (κ3) is 11.7. The number of aliphatic hydroxyl groups is 1. The van der Waals surface area contributed by atoms with Crippen LogP contribution in [0.4, 0.5) is 35.9 Å². The summed E-state index contributed by atoms with van der Waals surface area (Å²) < 4.78 is 95.2. The van der Waals surface area contributed by atoms with Gasteiger partial charge in [0.15, 0.2) is 0 Å². The molecule has 11 nitrogen and oxygen atoms in total. The van der Waals surface area contributed by atoms with Crippen molar-refractivity contribution in [3.8, 4) is 22.4 Å². The van der Waals surface area contributed by atoms with Gasteiger partial charge < -0.3 is 34.2 Å². The van der Waals surface area contributed by atoms with Gasteiger partial charge in [0.1, 0.15) is 4.90 Å². The number of nitrogens with one attached hydrogen (secondary N) is 1. The van der Waals surface area contributed by atoms with Gasteiger partial charge in [-0.25, -0.2) is 8.42 Å². The molecule has 2 atom stereocenters. The Balaban J connectivity index is 0.906. The fourth-order valence-electron chi connectivity index (χ4n) is 10.3. The molecule has 0 bridgehead atoms. The quantitative estimate of drug-likeness (QED) is 0.0673. The van der Waals surface area contributed by atoms with Crippen molar-refractivity contribution in [2.45, 2.75) is 67.4 Å². The van der Waals surface area contributed by atoms with Crippen molar-refractivity contribution in [1.29, 1.82) is 0 Å². The molecule has 0 spiro atoms. The lowest BCUT2D eigenvalue weighted by Crippen LogP contribution is -2.46. The third-order valence-electron chi connectivity index (χ3n) is 14.3. The number of aliphatic hydroxyl groups excluding tert-OH is 1. The summed E-state index contributed by atoms with van der Waals surface area (Å²) in [6.07, 6.45) is 2.22. The first-order valence-corrected chi connectivity index (χ1v) is 29.4. The van der Waals surface area contributed by atoms with Crippen molar-refractivity contribution in [1.82, 2.24) is 9.47 Å². The molecule has 0 saturated carbocycles. The number of piperidine rings is 1. The highest BCUT2D eigenvalue weighted by Gasteiger charge is 2.49. The van der Waals surface area contributed by atoms with E-state index in [0.29, 0.717) is 29.4 Å². The van der Waals surface area contributed by atoms with E-state index in [2.05, 4.69) is 87.8 Å². The maximum Gasteiger partial charge on any atom is 0.501 e. The number of benzene rings is 5. The molecule has 73 heavy (non-hydrogen) atoms. The number of aryl methyl sites for hydroxylation is 1. The Morgan fingerprint density at radius 3 is 2.12 bits per heavy atom. The second kappa shape index (κ2) is 22.5. The van der Waals surface area contributed by atoms with E-state index in [-0.39, 0.29) is 42.7 Å². The minimum atomic E-state index is -5.91. The van der Waals surface area contributed by atoms with E-state index in [4.69, 9.17) is 16.1 Å². The predicted octanol–water partition coefficient (Wildman–Crippen LogP) is 12.0. The molecule has 0 unspecified atom stereocenters. The summed E-state index contributed by atoms with van der Waals surface area (Å²) >= 11 is 7.81. The Labute approximate surface area is 436 Å². The lowest BCUT2D eigenvalue weighted by Gasteiger charge is -2.37. The van der Waals surface area contributed by atoms with Crippen molar-refractivity contribution < 1.29 is 35.8 Å². The average Bonchev–Trinajstić information content (AvgIpc) is 3.97. The summed E-state index contributed by atoms with van der Waals surface area (Å²) in [5, 5.41) is 13.4. The highest BCUT2D eigenvalue weighted by Crippen LogP contribution is 2.56. The Hall–Kier alpha value is -4.93. The summed E-state index contributed by atoms with van der Waals surface area (Å²) in [6, 6.07) is 39.6. The normalized spacial score (nSPS) is 18.7. The second-order valence-corrected chi connectivity index (χ2v) is 25.1. The van der Waals surface area contributed by atoms with Crippen molar-refractivity contribution in [2.24, 2.45) is 5.92 Å². The summed E-state index contributed by atoms with van der Waals surface area (Å²) in [5.41, 5.74) is 2.57. The highest BCUT2D eigenvalue weighted by atomic mass is 35.5. The third-order valence-corrected chi connectivity index (χ3v) is 19.7. The molecule has 1 aromatic heterocycles. The number of aromatic nitrogens is 1. The number of hydrogen-bond donors (Lipinski definition) is 2. The van der Waals surface area contributed by atoms with Crippen LogP contribution < -0.4 is 25.1 Å². The van der Waals surface area contributed by atoms with Crippen LogP contribution in [0.25, 0.3) is 22.4 Å². The highest BCUT2D eigenvalue weighted by molar-refractivity contribution is 7.99. The van der Waals surface area contributed by atoms with E-state index in [1.54, 1.807) is 4.67 Å².